The van der Waals surface area contributed by atoms with Crippen molar-refractivity contribution < 1.29 is 17.9 Å². The van der Waals surface area contributed by atoms with Crippen LogP contribution in [0, 0.1) is 5.92 Å². The zero-order chi connectivity index (χ0) is 27.4. The van der Waals surface area contributed by atoms with Gasteiger partial charge in [0.25, 0.3) is 0 Å². The van der Waals surface area contributed by atoms with Crippen molar-refractivity contribution in [1.29, 1.82) is 0 Å². The number of hydrogen-bond acceptors (Lipinski definition) is 5. The maximum Gasteiger partial charge on any atom is 0.416 e. The van der Waals surface area contributed by atoms with E-state index < -0.39 is 11.7 Å². The van der Waals surface area contributed by atoms with Crippen molar-refractivity contribution in [2.24, 2.45) is 13.0 Å². The SMILES string of the molecule is COC1CC([C@H](c2cccc(N3Cc4cc(CNC5(C)CCC5)cc(C(F)(F)F)c4C3)c2)c2nncn2C)C1. The second kappa shape index (κ2) is 9.93. The molecule has 2 heterocycles. The summed E-state index contributed by atoms with van der Waals surface area (Å²) in [5.74, 6) is 1.31. The highest BCUT2D eigenvalue weighted by Gasteiger charge is 2.40. The van der Waals surface area contributed by atoms with Gasteiger partial charge < -0.3 is 19.5 Å². The molecule has 1 aromatic heterocycles. The lowest BCUT2D eigenvalue weighted by Gasteiger charge is -2.39. The highest BCUT2D eigenvalue weighted by atomic mass is 19.4. The van der Waals surface area contributed by atoms with Crippen molar-refractivity contribution >= 4 is 5.69 Å². The molecule has 3 aromatic rings. The standard InChI is InChI=1S/C30H36F3N5O/c1-29(8-5-9-29)34-15-19-10-22-16-38(17-25(22)26(11-19)30(31,32)33)23-7-4-6-20(12-23)27(21-13-24(14-21)39-3)28-36-35-18-37(28)2/h4,6-7,10-12,18,21,24,27,34H,5,8-9,13-17H2,1-3H3/t21?,24?,27-/m0/s1. The van der Waals surface area contributed by atoms with E-state index in [-0.39, 0.29) is 24.1 Å². The third kappa shape index (κ3) is 5.07. The molecule has 0 amide bonds. The predicted molar refractivity (Wildman–Crippen MR) is 143 cm³/mol. The second-order valence-corrected chi connectivity index (χ2v) is 11.9. The molecule has 9 heteroatoms. The number of nitrogens with one attached hydrogen (secondary N) is 1. The number of methoxy groups -OCH3 is 1. The molecule has 0 spiro atoms. The average molecular weight is 540 g/mol. The van der Waals surface area contributed by atoms with Gasteiger partial charge in [-0.15, -0.1) is 10.2 Å². The normalized spacial score (nSPS) is 22.8. The highest BCUT2D eigenvalue weighted by Crippen LogP contribution is 2.45. The molecule has 0 saturated heterocycles. The summed E-state index contributed by atoms with van der Waals surface area (Å²) >= 11 is 0. The summed E-state index contributed by atoms with van der Waals surface area (Å²) in [4.78, 5) is 2.06. The van der Waals surface area contributed by atoms with Gasteiger partial charge in [0.05, 0.1) is 11.7 Å². The van der Waals surface area contributed by atoms with Crippen molar-refractivity contribution in [2.75, 3.05) is 12.0 Å². The summed E-state index contributed by atoms with van der Waals surface area (Å²) in [5.41, 5.74) is 3.40. The minimum absolute atomic E-state index is 0.0346. The molecule has 3 aliphatic rings. The first-order chi connectivity index (χ1) is 18.6. The van der Waals surface area contributed by atoms with E-state index >= 15 is 0 Å². The number of rotatable bonds is 8. The number of ether oxygens (including phenoxy) is 1. The summed E-state index contributed by atoms with van der Waals surface area (Å²) < 4.78 is 50.1. The van der Waals surface area contributed by atoms with E-state index in [1.165, 1.54) is 12.5 Å². The second-order valence-electron chi connectivity index (χ2n) is 11.9. The van der Waals surface area contributed by atoms with E-state index in [4.69, 9.17) is 4.74 Å². The fraction of sp³-hybridized carbons (Fsp3) is 0.533. The zero-order valence-electron chi connectivity index (χ0n) is 22.8. The lowest BCUT2D eigenvalue weighted by Crippen LogP contribution is -2.47. The minimum atomic E-state index is -4.39. The van der Waals surface area contributed by atoms with Crippen LogP contribution in [-0.4, -0.2) is 33.5 Å². The van der Waals surface area contributed by atoms with Gasteiger partial charge in [0.1, 0.15) is 12.2 Å². The van der Waals surface area contributed by atoms with E-state index in [2.05, 4.69) is 39.5 Å². The van der Waals surface area contributed by atoms with Crippen LogP contribution in [0.25, 0.3) is 0 Å². The number of fused-ring (bicyclic) bond motifs is 1. The molecular weight excluding hydrogens is 503 g/mol. The van der Waals surface area contributed by atoms with Crippen LogP contribution >= 0.6 is 0 Å². The van der Waals surface area contributed by atoms with Crippen molar-refractivity contribution in [3.63, 3.8) is 0 Å². The number of benzene rings is 2. The van der Waals surface area contributed by atoms with Crippen molar-refractivity contribution in [3.05, 3.63) is 76.4 Å². The summed E-state index contributed by atoms with van der Waals surface area (Å²) in [5, 5.41) is 12.0. The average Bonchev–Trinajstić information content (AvgIpc) is 3.48. The summed E-state index contributed by atoms with van der Waals surface area (Å²) in [6.07, 6.45) is 2.76. The number of halogens is 3. The number of alkyl halides is 3. The molecule has 1 N–H and O–H groups in total. The van der Waals surface area contributed by atoms with Crippen LogP contribution < -0.4 is 10.2 Å². The Balaban J connectivity index is 1.28. The molecule has 0 unspecified atom stereocenters. The van der Waals surface area contributed by atoms with Gasteiger partial charge in [-0.1, -0.05) is 18.2 Å². The quantitative estimate of drug-likeness (QED) is 0.384. The number of hydrogen-bond donors (Lipinski definition) is 1. The summed E-state index contributed by atoms with van der Waals surface area (Å²) in [7, 11) is 3.69. The van der Waals surface area contributed by atoms with Crippen molar-refractivity contribution in [2.45, 2.75) is 82.4 Å². The lowest BCUT2D eigenvalue weighted by molar-refractivity contribution is -0.138. The van der Waals surface area contributed by atoms with Gasteiger partial charge in [-0.05, 0) is 85.4 Å². The van der Waals surface area contributed by atoms with Gasteiger partial charge >= 0.3 is 6.18 Å². The number of aryl methyl sites for hydroxylation is 1. The van der Waals surface area contributed by atoms with Crippen LogP contribution in [0.15, 0.2) is 42.7 Å². The molecule has 1 aliphatic heterocycles. The van der Waals surface area contributed by atoms with E-state index in [0.29, 0.717) is 30.1 Å². The monoisotopic (exact) mass is 539 g/mol. The fourth-order valence-corrected chi connectivity index (χ4v) is 6.51. The maximum atomic E-state index is 14.2. The number of aromatic nitrogens is 3. The third-order valence-electron chi connectivity index (χ3n) is 9.15. The highest BCUT2D eigenvalue weighted by molar-refractivity contribution is 5.57. The fourth-order valence-electron chi connectivity index (χ4n) is 6.51. The molecule has 2 aromatic carbocycles. The number of anilines is 1. The van der Waals surface area contributed by atoms with Gasteiger partial charge in [-0.3, -0.25) is 0 Å². The Kier molecular flexibility index (Phi) is 6.70. The Morgan fingerprint density at radius 2 is 1.95 bits per heavy atom. The van der Waals surface area contributed by atoms with Gasteiger partial charge in [0, 0.05) is 50.9 Å². The first-order valence-corrected chi connectivity index (χ1v) is 13.8. The smallest absolute Gasteiger partial charge is 0.381 e. The minimum Gasteiger partial charge on any atom is -0.381 e. The lowest BCUT2D eigenvalue weighted by atomic mass is 9.70. The molecule has 39 heavy (non-hydrogen) atoms. The van der Waals surface area contributed by atoms with Crippen LogP contribution in [0.5, 0.6) is 0 Å². The molecule has 2 saturated carbocycles. The first kappa shape index (κ1) is 26.3. The Labute approximate surface area is 227 Å². The van der Waals surface area contributed by atoms with Crippen LogP contribution in [0.2, 0.25) is 0 Å². The van der Waals surface area contributed by atoms with E-state index in [0.717, 1.165) is 48.3 Å². The van der Waals surface area contributed by atoms with Gasteiger partial charge in [-0.2, -0.15) is 13.2 Å². The van der Waals surface area contributed by atoms with Gasteiger partial charge in [0.15, 0.2) is 0 Å². The van der Waals surface area contributed by atoms with Crippen LogP contribution in [0.1, 0.15) is 78.6 Å². The summed E-state index contributed by atoms with van der Waals surface area (Å²) in [6, 6.07) is 11.5. The number of nitrogens with zero attached hydrogens (tertiary/aromatic N) is 4. The molecule has 2 aliphatic carbocycles. The Morgan fingerprint density at radius 3 is 2.59 bits per heavy atom. The molecule has 208 valence electrons. The van der Waals surface area contributed by atoms with E-state index in [1.54, 1.807) is 13.4 Å². The molecule has 1 atom stereocenters. The van der Waals surface area contributed by atoms with Gasteiger partial charge in [-0.25, -0.2) is 0 Å². The Bertz CT molecular complexity index is 1340. The molecular formula is C30H36F3N5O. The van der Waals surface area contributed by atoms with Crippen molar-refractivity contribution in [1.82, 2.24) is 20.1 Å². The molecule has 6 nitrogen and oxygen atoms in total. The van der Waals surface area contributed by atoms with Crippen LogP contribution in [0.3, 0.4) is 0 Å². The molecule has 2 fully saturated rings. The third-order valence-corrected chi connectivity index (χ3v) is 9.15. The summed E-state index contributed by atoms with van der Waals surface area (Å²) in [6.45, 7) is 3.29. The van der Waals surface area contributed by atoms with Crippen LogP contribution in [0.4, 0.5) is 18.9 Å². The predicted octanol–water partition coefficient (Wildman–Crippen LogP) is 5.94. The van der Waals surface area contributed by atoms with E-state index in [9.17, 15) is 13.2 Å². The Hall–Kier alpha value is -2.91. The van der Waals surface area contributed by atoms with Crippen molar-refractivity contribution in [3.8, 4) is 0 Å². The molecule has 0 radical (unpaired) electrons. The molecule has 0 bridgehead atoms. The van der Waals surface area contributed by atoms with Gasteiger partial charge in [0.2, 0.25) is 0 Å². The maximum absolute atomic E-state index is 14.2. The van der Waals surface area contributed by atoms with Crippen LogP contribution in [-0.2, 0) is 37.6 Å². The topological polar surface area (TPSA) is 55.2 Å². The zero-order valence-corrected chi connectivity index (χ0v) is 22.8. The largest absolute Gasteiger partial charge is 0.416 e. The molecule has 6 rings (SSSR count). The first-order valence-electron chi connectivity index (χ1n) is 13.8. The van der Waals surface area contributed by atoms with E-state index in [1.807, 2.05) is 29.8 Å². The Morgan fingerprint density at radius 1 is 1.15 bits per heavy atom.